The summed E-state index contributed by atoms with van der Waals surface area (Å²) in [7, 11) is -1.80. The molecule has 2 aromatic carbocycles. The zero-order valence-electron chi connectivity index (χ0n) is 7.61. The molecule has 0 aliphatic heterocycles. The van der Waals surface area contributed by atoms with E-state index in [-0.39, 0.29) is 5.46 Å². The first-order valence-electron chi connectivity index (χ1n) is 4.34. The molecule has 0 aromatic heterocycles. The summed E-state index contributed by atoms with van der Waals surface area (Å²) in [5.74, 6) is -0.594. The van der Waals surface area contributed by atoms with E-state index in [0.29, 0.717) is 15.2 Å². The van der Waals surface area contributed by atoms with Crippen molar-refractivity contribution in [3.63, 3.8) is 0 Å². The molecule has 2 rings (SSSR count). The van der Waals surface area contributed by atoms with Gasteiger partial charge >= 0.3 is 7.12 Å². The monoisotopic (exact) mass is 268 g/mol. The molecule has 0 aliphatic carbocycles. The molecule has 0 aliphatic rings. The highest BCUT2D eigenvalue weighted by atomic mass is 79.9. The lowest BCUT2D eigenvalue weighted by molar-refractivity contribution is 0.423. The van der Waals surface area contributed by atoms with Gasteiger partial charge in [0.25, 0.3) is 0 Å². The van der Waals surface area contributed by atoms with Crippen molar-refractivity contribution in [3.05, 3.63) is 40.6 Å². The molecule has 0 bridgehead atoms. The Morgan fingerprint density at radius 2 is 1.73 bits per heavy atom. The Labute approximate surface area is 94.6 Å². The van der Waals surface area contributed by atoms with Gasteiger partial charge in [-0.05, 0) is 11.5 Å². The molecule has 0 radical (unpaired) electrons. The fourth-order valence-corrected chi connectivity index (χ4v) is 2.10. The Hall–Kier alpha value is -0.905. The van der Waals surface area contributed by atoms with Crippen molar-refractivity contribution >= 4 is 39.3 Å². The SMILES string of the molecule is OB(O)c1cc(Br)c2ccccc2c1F. The highest BCUT2D eigenvalue weighted by Gasteiger charge is 2.19. The van der Waals surface area contributed by atoms with Crippen molar-refractivity contribution in [2.45, 2.75) is 0 Å². The molecule has 5 heteroatoms. The lowest BCUT2D eigenvalue weighted by Gasteiger charge is -2.07. The average Bonchev–Trinajstić information content (AvgIpc) is 2.23. The number of benzene rings is 2. The third kappa shape index (κ3) is 1.78. The van der Waals surface area contributed by atoms with Gasteiger partial charge in [-0.2, -0.15) is 0 Å². The summed E-state index contributed by atoms with van der Waals surface area (Å²) in [6, 6.07) is 8.23. The van der Waals surface area contributed by atoms with Crippen LogP contribution in [0.3, 0.4) is 0 Å². The van der Waals surface area contributed by atoms with E-state index in [9.17, 15) is 4.39 Å². The van der Waals surface area contributed by atoms with Gasteiger partial charge in [-0.25, -0.2) is 4.39 Å². The van der Waals surface area contributed by atoms with E-state index in [2.05, 4.69) is 15.9 Å². The lowest BCUT2D eigenvalue weighted by Crippen LogP contribution is -2.32. The van der Waals surface area contributed by atoms with Crippen molar-refractivity contribution in [1.29, 1.82) is 0 Å². The van der Waals surface area contributed by atoms with Crippen LogP contribution in [0, 0.1) is 5.82 Å². The van der Waals surface area contributed by atoms with Gasteiger partial charge in [-0.3, -0.25) is 0 Å². The molecule has 0 unspecified atom stereocenters. The molecule has 0 saturated carbocycles. The topological polar surface area (TPSA) is 40.5 Å². The summed E-state index contributed by atoms with van der Waals surface area (Å²) in [5.41, 5.74) is -0.124. The fraction of sp³-hybridized carbons (Fsp3) is 0. The first-order chi connectivity index (χ1) is 7.11. The Morgan fingerprint density at radius 3 is 2.33 bits per heavy atom. The smallest absolute Gasteiger partial charge is 0.423 e. The number of fused-ring (bicyclic) bond motifs is 1. The third-order valence-corrected chi connectivity index (χ3v) is 2.89. The summed E-state index contributed by atoms with van der Waals surface area (Å²) in [4.78, 5) is 0. The molecule has 0 spiro atoms. The summed E-state index contributed by atoms with van der Waals surface area (Å²) in [5, 5.41) is 19.0. The lowest BCUT2D eigenvalue weighted by atomic mass is 9.79. The normalized spacial score (nSPS) is 10.7. The summed E-state index contributed by atoms with van der Waals surface area (Å²) >= 11 is 3.26. The van der Waals surface area contributed by atoms with Crippen LogP contribution in [0.4, 0.5) is 4.39 Å². The standard InChI is InChI=1S/C10H7BBrFO2/c12-9-5-8(11(14)15)10(13)7-4-2-1-3-6(7)9/h1-5,14-15H. The van der Waals surface area contributed by atoms with E-state index in [0.717, 1.165) is 0 Å². The van der Waals surface area contributed by atoms with Crippen molar-refractivity contribution in [2.75, 3.05) is 0 Å². The van der Waals surface area contributed by atoms with Gasteiger partial charge < -0.3 is 10.0 Å². The molecule has 0 amide bonds. The van der Waals surface area contributed by atoms with Crippen LogP contribution in [0.15, 0.2) is 34.8 Å². The van der Waals surface area contributed by atoms with Crippen molar-refractivity contribution in [2.24, 2.45) is 0 Å². The van der Waals surface area contributed by atoms with Gasteiger partial charge in [0.2, 0.25) is 0 Å². The minimum absolute atomic E-state index is 0.124. The molecule has 0 heterocycles. The van der Waals surface area contributed by atoms with Gasteiger partial charge in [0.05, 0.1) is 0 Å². The van der Waals surface area contributed by atoms with Crippen molar-refractivity contribution in [1.82, 2.24) is 0 Å². The molecule has 2 aromatic rings. The van der Waals surface area contributed by atoms with Gasteiger partial charge in [0.1, 0.15) is 5.82 Å². The molecule has 0 fully saturated rings. The molecule has 2 nitrogen and oxygen atoms in total. The minimum Gasteiger partial charge on any atom is -0.423 e. The Balaban J connectivity index is 2.84. The van der Waals surface area contributed by atoms with E-state index < -0.39 is 12.9 Å². The Bertz CT molecular complexity index is 516. The van der Waals surface area contributed by atoms with Crippen LogP contribution in [0.25, 0.3) is 10.8 Å². The summed E-state index contributed by atoms with van der Waals surface area (Å²) < 4.78 is 14.4. The van der Waals surface area contributed by atoms with E-state index in [1.165, 1.54) is 6.07 Å². The number of rotatable bonds is 1. The van der Waals surface area contributed by atoms with E-state index in [1.54, 1.807) is 24.3 Å². The zero-order chi connectivity index (χ0) is 11.0. The first kappa shape index (κ1) is 10.6. The minimum atomic E-state index is -1.80. The van der Waals surface area contributed by atoms with Gasteiger partial charge in [-0.15, -0.1) is 0 Å². The zero-order valence-corrected chi connectivity index (χ0v) is 9.20. The van der Waals surface area contributed by atoms with Crippen LogP contribution >= 0.6 is 15.9 Å². The molecule has 0 saturated heterocycles. The Kier molecular flexibility index (Phi) is 2.77. The predicted octanol–water partition coefficient (Wildman–Crippen LogP) is 1.42. The van der Waals surface area contributed by atoms with Crippen LogP contribution < -0.4 is 5.46 Å². The van der Waals surface area contributed by atoms with Gasteiger partial charge in [-0.1, -0.05) is 40.2 Å². The Morgan fingerprint density at radius 1 is 1.13 bits per heavy atom. The van der Waals surface area contributed by atoms with Crippen LogP contribution in [-0.4, -0.2) is 17.2 Å². The number of hydrogen-bond donors (Lipinski definition) is 2. The van der Waals surface area contributed by atoms with E-state index in [1.807, 2.05) is 0 Å². The van der Waals surface area contributed by atoms with Crippen LogP contribution in [0.5, 0.6) is 0 Å². The van der Waals surface area contributed by atoms with E-state index in [4.69, 9.17) is 10.0 Å². The molecule has 76 valence electrons. The second-order valence-corrected chi connectivity index (χ2v) is 4.04. The molecular formula is C10H7BBrFO2. The van der Waals surface area contributed by atoms with Gasteiger partial charge in [0.15, 0.2) is 0 Å². The maximum atomic E-state index is 13.8. The molecule has 2 N–H and O–H groups in total. The fourth-order valence-electron chi connectivity index (χ4n) is 1.50. The molecular weight excluding hydrogens is 262 g/mol. The highest BCUT2D eigenvalue weighted by Crippen LogP contribution is 2.24. The second-order valence-electron chi connectivity index (χ2n) is 3.18. The largest absolute Gasteiger partial charge is 0.491 e. The quantitative estimate of drug-likeness (QED) is 0.768. The van der Waals surface area contributed by atoms with Crippen LogP contribution in [-0.2, 0) is 0 Å². The van der Waals surface area contributed by atoms with Crippen LogP contribution in [0.1, 0.15) is 0 Å². The van der Waals surface area contributed by atoms with Crippen LogP contribution in [0.2, 0.25) is 0 Å². The number of halogens is 2. The van der Waals surface area contributed by atoms with Crippen molar-refractivity contribution < 1.29 is 14.4 Å². The van der Waals surface area contributed by atoms with Crippen molar-refractivity contribution in [3.8, 4) is 0 Å². The third-order valence-electron chi connectivity index (χ3n) is 2.23. The predicted molar refractivity (Wildman–Crippen MR) is 61.4 cm³/mol. The average molecular weight is 269 g/mol. The van der Waals surface area contributed by atoms with E-state index >= 15 is 0 Å². The summed E-state index contributed by atoms with van der Waals surface area (Å²) in [6.45, 7) is 0. The maximum absolute atomic E-state index is 13.8. The highest BCUT2D eigenvalue weighted by molar-refractivity contribution is 9.10. The second kappa shape index (κ2) is 3.92. The summed E-state index contributed by atoms with van der Waals surface area (Å²) in [6.07, 6.45) is 0. The van der Waals surface area contributed by atoms with Gasteiger partial charge in [0, 0.05) is 15.3 Å². The molecule has 0 atom stereocenters. The molecule has 15 heavy (non-hydrogen) atoms. The number of hydrogen-bond acceptors (Lipinski definition) is 2. The maximum Gasteiger partial charge on any atom is 0.491 e. The first-order valence-corrected chi connectivity index (χ1v) is 5.13.